The third kappa shape index (κ3) is 19.1. The third-order valence-corrected chi connectivity index (χ3v) is 4.21. The van der Waals surface area contributed by atoms with E-state index >= 15 is 0 Å². The first-order valence-electron chi connectivity index (χ1n) is 9.71. The van der Waals surface area contributed by atoms with Crippen LogP contribution < -0.4 is 0 Å². The Morgan fingerprint density at radius 2 is 1.39 bits per heavy atom. The molecule has 1 atom stereocenters. The van der Waals surface area contributed by atoms with Crippen LogP contribution in [-0.4, -0.2) is 22.3 Å². The Hall–Kier alpha value is -0.830. The van der Waals surface area contributed by atoms with Crippen molar-refractivity contribution in [3.05, 3.63) is 12.2 Å². The van der Waals surface area contributed by atoms with E-state index in [-0.39, 0.29) is 6.10 Å². The highest BCUT2D eigenvalue weighted by Gasteiger charge is 1.98. The quantitative estimate of drug-likeness (QED) is 0.260. The molecule has 136 valence electrons. The summed E-state index contributed by atoms with van der Waals surface area (Å²) in [4.78, 5) is 10.4. The lowest BCUT2D eigenvalue weighted by atomic mass is 10.0. The van der Waals surface area contributed by atoms with Crippen molar-refractivity contribution in [1.82, 2.24) is 0 Å². The molecular weight excluding hydrogens is 288 g/mol. The number of aliphatic hydroxyl groups is 1. The molecule has 0 heterocycles. The van der Waals surface area contributed by atoms with E-state index in [4.69, 9.17) is 5.11 Å². The maximum absolute atomic E-state index is 10.4. The fourth-order valence-corrected chi connectivity index (χ4v) is 2.77. The Kier molecular flexibility index (Phi) is 16.9. The number of rotatable bonds is 17. The normalized spacial score (nSPS) is 12.8. The lowest BCUT2D eigenvalue weighted by molar-refractivity contribution is -0.137. The highest BCUT2D eigenvalue weighted by atomic mass is 16.4. The number of carboxylic acids is 1. The van der Waals surface area contributed by atoms with E-state index in [1.807, 2.05) is 0 Å². The first-order chi connectivity index (χ1) is 11.2. The van der Waals surface area contributed by atoms with Gasteiger partial charge in [0, 0.05) is 6.42 Å². The predicted molar refractivity (Wildman–Crippen MR) is 97.7 cm³/mol. The lowest BCUT2D eigenvalue weighted by Gasteiger charge is -2.04. The molecular formula is C20H38O3. The molecule has 0 unspecified atom stereocenters. The molecule has 0 saturated carbocycles. The van der Waals surface area contributed by atoms with Crippen molar-refractivity contribution in [3.8, 4) is 0 Å². The molecule has 0 bridgehead atoms. The van der Waals surface area contributed by atoms with Crippen LogP contribution in [0.2, 0.25) is 0 Å². The second-order valence-electron chi connectivity index (χ2n) is 6.62. The van der Waals surface area contributed by atoms with Crippen LogP contribution in [0.3, 0.4) is 0 Å². The number of carbonyl (C=O) groups is 1. The van der Waals surface area contributed by atoms with Gasteiger partial charge in [0.15, 0.2) is 0 Å². The van der Waals surface area contributed by atoms with E-state index in [9.17, 15) is 9.90 Å². The summed E-state index contributed by atoms with van der Waals surface area (Å²) in [6.07, 6.45) is 20.6. The Morgan fingerprint density at radius 1 is 0.870 bits per heavy atom. The summed E-state index contributed by atoms with van der Waals surface area (Å²) < 4.78 is 0. The molecule has 0 fully saturated rings. The monoisotopic (exact) mass is 326 g/mol. The van der Waals surface area contributed by atoms with E-state index in [0.717, 1.165) is 38.5 Å². The van der Waals surface area contributed by atoms with Gasteiger partial charge in [-0.2, -0.15) is 0 Å². The van der Waals surface area contributed by atoms with Crippen molar-refractivity contribution in [3.63, 3.8) is 0 Å². The van der Waals surface area contributed by atoms with Gasteiger partial charge in [0.2, 0.25) is 0 Å². The second kappa shape index (κ2) is 17.5. The number of aliphatic carboxylic acids is 1. The van der Waals surface area contributed by atoms with Crippen molar-refractivity contribution in [2.75, 3.05) is 0 Å². The number of hydrogen-bond donors (Lipinski definition) is 2. The molecule has 2 N–H and O–H groups in total. The molecule has 3 heteroatoms. The Balaban J connectivity index is 3.13. The summed E-state index contributed by atoms with van der Waals surface area (Å²) in [7, 11) is 0. The SMILES string of the molecule is CCC[C@@H](O)C/C=C\CCCCCCCCCCCCC(=O)O. The molecule has 0 aromatic rings. The minimum absolute atomic E-state index is 0.152. The van der Waals surface area contributed by atoms with Crippen LogP contribution in [0, 0.1) is 0 Å². The molecule has 0 spiro atoms. The second-order valence-corrected chi connectivity index (χ2v) is 6.62. The van der Waals surface area contributed by atoms with Gasteiger partial charge in [-0.1, -0.05) is 76.9 Å². The van der Waals surface area contributed by atoms with Gasteiger partial charge in [0.25, 0.3) is 0 Å². The summed E-state index contributed by atoms with van der Waals surface area (Å²) in [5.74, 6) is -0.669. The van der Waals surface area contributed by atoms with E-state index in [1.54, 1.807) is 0 Å². The molecule has 0 saturated heterocycles. The maximum Gasteiger partial charge on any atom is 0.303 e. The van der Waals surface area contributed by atoms with Gasteiger partial charge in [-0.3, -0.25) is 4.79 Å². The summed E-state index contributed by atoms with van der Waals surface area (Å²) in [6.45, 7) is 2.10. The first-order valence-corrected chi connectivity index (χ1v) is 9.71. The van der Waals surface area contributed by atoms with Crippen molar-refractivity contribution >= 4 is 5.97 Å². The van der Waals surface area contributed by atoms with E-state index < -0.39 is 5.97 Å². The molecule has 0 aliphatic carbocycles. The van der Waals surface area contributed by atoms with Crippen LogP contribution in [-0.2, 0) is 4.79 Å². The first kappa shape index (κ1) is 22.2. The lowest BCUT2D eigenvalue weighted by Crippen LogP contribution is -2.02. The zero-order valence-corrected chi connectivity index (χ0v) is 15.1. The van der Waals surface area contributed by atoms with Gasteiger partial charge in [-0.15, -0.1) is 0 Å². The average Bonchev–Trinajstić information content (AvgIpc) is 2.51. The number of allylic oxidation sites excluding steroid dienone is 1. The van der Waals surface area contributed by atoms with Crippen molar-refractivity contribution in [2.24, 2.45) is 0 Å². The van der Waals surface area contributed by atoms with Crippen molar-refractivity contribution < 1.29 is 15.0 Å². The summed E-state index contributed by atoms with van der Waals surface area (Å²) in [6, 6.07) is 0. The van der Waals surface area contributed by atoms with Crippen LogP contribution >= 0.6 is 0 Å². The Morgan fingerprint density at radius 3 is 1.91 bits per heavy atom. The molecule has 0 aliphatic rings. The molecule has 0 amide bonds. The number of unbranched alkanes of at least 4 members (excludes halogenated alkanes) is 10. The molecule has 0 aromatic heterocycles. The van der Waals surface area contributed by atoms with Crippen LogP contribution in [0.25, 0.3) is 0 Å². The Bertz CT molecular complexity index is 287. The van der Waals surface area contributed by atoms with E-state index in [1.165, 1.54) is 51.4 Å². The molecule has 0 aliphatic heterocycles. The fraction of sp³-hybridized carbons (Fsp3) is 0.850. The van der Waals surface area contributed by atoms with Gasteiger partial charge in [-0.25, -0.2) is 0 Å². The highest BCUT2D eigenvalue weighted by Crippen LogP contribution is 2.12. The molecule has 0 aromatic carbocycles. The topological polar surface area (TPSA) is 57.5 Å². The summed E-state index contributed by atoms with van der Waals surface area (Å²) in [5.41, 5.74) is 0. The smallest absolute Gasteiger partial charge is 0.303 e. The summed E-state index contributed by atoms with van der Waals surface area (Å²) >= 11 is 0. The van der Waals surface area contributed by atoms with Crippen molar-refractivity contribution in [1.29, 1.82) is 0 Å². The number of aliphatic hydroxyl groups excluding tert-OH is 1. The zero-order valence-electron chi connectivity index (χ0n) is 15.1. The fourth-order valence-electron chi connectivity index (χ4n) is 2.77. The third-order valence-electron chi connectivity index (χ3n) is 4.21. The maximum atomic E-state index is 10.4. The zero-order chi connectivity index (χ0) is 17.2. The van der Waals surface area contributed by atoms with E-state index in [2.05, 4.69) is 19.1 Å². The van der Waals surface area contributed by atoms with Crippen LogP contribution in [0.5, 0.6) is 0 Å². The van der Waals surface area contributed by atoms with E-state index in [0.29, 0.717) is 6.42 Å². The minimum atomic E-state index is -0.669. The number of carboxylic acid groups (broad SMARTS) is 1. The van der Waals surface area contributed by atoms with Gasteiger partial charge < -0.3 is 10.2 Å². The van der Waals surface area contributed by atoms with Gasteiger partial charge in [-0.05, 0) is 32.1 Å². The van der Waals surface area contributed by atoms with Gasteiger partial charge >= 0.3 is 5.97 Å². The molecule has 0 radical (unpaired) electrons. The Labute approximate surface area is 143 Å². The van der Waals surface area contributed by atoms with Crippen LogP contribution in [0.15, 0.2) is 12.2 Å². The standard InChI is InChI=1S/C20H38O3/c1-2-16-19(21)17-14-12-10-8-6-4-3-5-7-9-11-13-15-18-20(22)23/h12,14,19,21H,2-11,13,15-18H2,1H3,(H,22,23)/b14-12-/t19-/m1/s1. The number of hydrogen-bond acceptors (Lipinski definition) is 2. The van der Waals surface area contributed by atoms with Crippen molar-refractivity contribution in [2.45, 2.75) is 109 Å². The average molecular weight is 327 g/mol. The minimum Gasteiger partial charge on any atom is -0.481 e. The van der Waals surface area contributed by atoms with Gasteiger partial charge in [0.1, 0.15) is 0 Å². The molecule has 3 nitrogen and oxygen atoms in total. The predicted octanol–water partition coefficient (Wildman–Crippen LogP) is 5.86. The largest absolute Gasteiger partial charge is 0.481 e. The summed E-state index contributed by atoms with van der Waals surface area (Å²) in [5, 5.41) is 18.1. The van der Waals surface area contributed by atoms with Gasteiger partial charge in [0.05, 0.1) is 6.10 Å². The molecule has 23 heavy (non-hydrogen) atoms. The van der Waals surface area contributed by atoms with Crippen LogP contribution in [0.1, 0.15) is 103 Å². The van der Waals surface area contributed by atoms with Crippen LogP contribution in [0.4, 0.5) is 0 Å². The molecule has 0 rings (SSSR count). The highest BCUT2D eigenvalue weighted by molar-refractivity contribution is 5.66.